The van der Waals surface area contributed by atoms with E-state index in [-0.39, 0.29) is 25.0 Å². The lowest BCUT2D eigenvalue weighted by molar-refractivity contribution is -0.118. The van der Waals surface area contributed by atoms with Crippen molar-refractivity contribution < 1.29 is 43.3 Å². The SMILES string of the molecule is COC(=O)c1cccc2[nH]ccc12.COC(=O)c1cccc2c1ccn2-c1ccccc1.ClCc1cccc2c1ccn2-c1ccccc1.O=C(Cc1ccc2ccccc2c1)C(c1cccc2c1ccn2-c1ccccc1)P(=O)(O)O.OCc1cccc2c1ccn2-c1ccccc1. The molecule has 492 valence electrons. The minimum atomic E-state index is -4.76. The number of esters is 2. The second-order valence-electron chi connectivity index (χ2n) is 23.1. The van der Waals surface area contributed by atoms with Gasteiger partial charge in [-0.15, -0.1) is 11.6 Å². The summed E-state index contributed by atoms with van der Waals surface area (Å²) in [5, 5.41) is 16.1. The fraction of sp³-hybridized carbons (Fsp3) is 0.0723. The number of alkyl halides is 1. The molecule has 0 spiro atoms. The van der Waals surface area contributed by atoms with Gasteiger partial charge in [0.05, 0.1) is 54.0 Å². The summed E-state index contributed by atoms with van der Waals surface area (Å²) in [6.07, 6.45) is 9.70. The summed E-state index contributed by atoms with van der Waals surface area (Å²) in [6.45, 7) is 0.0795. The highest BCUT2D eigenvalue weighted by Crippen LogP contribution is 2.54. The Balaban J connectivity index is 0.000000123. The molecule has 0 radical (unpaired) electrons. The summed E-state index contributed by atoms with van der Waals surface area (Å²) in [5.74, 6) is -0.559. The van der Waals surface area contributed by atoms with Gasteiger partial charge in [-0.3, -0.25) is 9.36 Å². The molecule has 0 amide bonds. The van der Waals surface area contributed by atoms with E-state index >= 15 is 0 Å². The van der Waals surface area contributed by atoms with Crippen LogP contribution in [-0.4, -0.2) is 70.1 Å². The molecule has 16 heteroatoms. The van der Waals surface area contributed by atoms with E-state index in [0.717, 1.165) is 77.2 Å². The van der Waals surface area contributed by atoms with Gasteiger partial charge in [-0.2, -0.15) is 0 Å². The van der Waals surface area contributed by atoms with E-state index < -0.39 is 19.0 Å². The molecular weight excluding hydrogens is 1280 g/mol. The minimum Gasteiger partial charge on any atom is -0.465 e. The molecule has 0 aliphatic heterocycles. The van der Waals surface area contributed by atoms with Crippen LogP contribution in [0, 0.1) is 0 Å². The zero-order chi connectivity index (χ0) is 68.8. The predicted molar refractivity (Wildman–Crippen MR) is 397 cm³/mol. The van der Waals surface area contributed by atoms with Crippen molar-refractivity contribution in [3.05, 3.63) is 349 Å². The van der Waals surface area contributed by atoms with Crippen LogP contribution in [0.4, 0.5) is 0 Å². The first-order valence-corrected chi connectivity index (χ1v) is 34.1. The van der Waals surface area contributed by atoms with Crippen molar-refractivity contribution in [3.63, 3.8) is 0 Å². The van der Waals surface area contributed by atoms with Gasteiger partial charge in [0.25, 0.3) is 0 Å². The molecule has 1 atom stereocenters. The standard InChI is InChI=1S/C27H22NO4P.C16H13NO2.C15H12ClN.C15H13NO.C10H9NO2/c29-26(18-19-13-14-20-7-4-5-8-21(20)17-19)27(33(30,31)32)24-11-6-12-25-23(24)15-16-28(25)22-9-2-1-3-10-22;1-19-16(18)14-8-5-9-15-13(14)10-11-17(15)12-6-3-2-4-7-12;16-11-12-5-4-8-15-14(12)9-10-17(15)13-6-2-1-3-7-13;17-11-12-5-4-8-15-14(12)9-10-16(15)13-6-2-1-3-7-13;1-13-10(12)8-3-2-4-9-7(8)5-6-11-9/h1-17,27H,18H2,(H2,30,31,32);2-11H,1H3;1-10H,11H2;1-10,17H,11H2;2-6,11H,1H3. The van der Waals surface area contributed by atoms with Crippen LogP contribution >= 0.6 is 19.2 Å². The van der Waals surface area contributed by atoms with Gasteiger partial charge < -0.3 is 47.6 Å². The van der Waals surface area contributed by atoms with Crippen molar-refractivity contribution in [1.82, 2.24) is 23.3 Å². The number of halogens is 1. The number of fused-ring (bicyclic) bond motifs is 6. The Hall–Kier alpha value is -11.6. The van der Waals surface area contributed by atoms with Crippen molar-refractivity contribution in [3.8, 4) is 22.7 Å². The molecule has 0 saturated heterocycles. The lowest BCUT2D eigenvalue weighted by Crippen LogP contribution is -2.16. The number of rotatable bonds is 13. The lowest BCUT2D eigenvalue weighted by Gasteiger charge is -2.19. The van der Waals surface area contributed by atoms with Crippen LogP contribution in [0.3, 0.4) is 0 Å². The van der Waals surface area contributed by atoms with Crippen LogP contribution in [0.1, 0.15) is 48.6 Å². The van der Waals surface area contributed by atoms with E-state index in [1.165, 1.54) is 36.4 Å². The number of H-pyrrole nitrogens is 1. The fourth-order valence-corrected chi connectivity index (χ4v) is 13.7. The van der Waals surface area contributed by atoms with E-state index in [0.29, 0.717) is 28.0 Å². The van der Waals surface area contributed by atoms with Crippen molar-refractivity contribution in [2.24, 2.45) is 0 Å². The van der Waals surface area contributed by atoms with E-state index in [9.17, 15) is 33.8 Å². The number of carbonyl (C=O) groups excluding carboxylic acids is 3. The van der Waals surface area contributed by atoms with Crippen LogP contribution in [0.25, 0.3) is 88.0 Å². The molecule has 0 bridgehead atoms. The highest BCUT2D eigenvalue weighted by atomic mass is 35.5. The third-order valence-corrected chi connectivity index (χ3v) is 18.7. The zero-order valence-corrected chi connectivity index (χ0v) is 55.8. The molecule has 5 aromatic heterocycles. The van der Waals surface area contributed by atoms with Crippen LogP contribution in [-0.2, 0) is 37.7 Å². The zero-order valence-electron chi connectivity index (χ0n) is 54.1. The summed E-state index contributed by atoms with van der Waals surface area (Å²) in [7, 11) is -1.98. The van der Waals surface area contributed by atoms with Gasteiger partial charge in [0.2, 0.25) is 0 Å². The highest BCUT2D eigenvalue weighted by molar-refractivity contribution is 7.53. The van der Waals surface area contributed by atoms with Crippen LogP contribution in [0.5, 0.6) is 0 Å². The van der Waals surface area contributed by atoms with E-state index in [1.807, 2.05) is 229 Å². The first-order valence-electron chi connectivity index (χ1n) is 31.9. The first-order chi connectivity index (χ1) is 48.3. The van der Waals surface area contributed by atoms with Crippen molar-refractivity contribution in [2.45, 2.75) is 24.6 Å². The second-order valence-corrected chi connectivity index (χ2v) is 25.1. The number of nitrogens with one attached hydrogen (secondary N) is 1. The van der Waals surface area contributed by atoms with Crippen LogP contribution in [0.2, 0.25) is 0 Å². The van der Waals surface area contributed by atoms with E-state index in [2.05, 4.69) is 84.2 Å². The maximum absolute atomic E-state index is 13.3. The third-order valence-electron chi connectivity index (χ3n) is 17.1. The molecule has 0 saturated carbocycles. The number of para-hydroxylation sites is 4. The molecule has 11 aromatic carbocycles. The van der Waals surface area contributed by atoms with Gasteiger partial charge in [0.15, 0.2) is 5.78 Å². The molecule has 4 N–H and O–H groups in total. The Morgan fingerprint density at radius 3 is 1.34 bits per heavy atom. The molecule has 16 aromatic rings. The number of ketones is 1. The Bertz CT molecular complexity index is 5390. The van der Waals surface area contributed by atoms with Gasteiger partial charge in [-0.25, -0.2) is 9.59 Å². The van der Waals surface area contributed by atoms with Gasteiger partial charge in [0, 0.05) is 98.5 Å². The number of aromatic amines is 1. The number of hydrogen-bond acceptors (Lipinski definition) is 7. The average molecular weight is 1350 g/mol. The lowest BCUT2D eigenvalue weighted by atomic mass is 9.98. The van der Waals surface area contributed by atoms with Crippen molar-refractivity contribution >= 4 is 102 Å². The van der Waals surface area contributed by atoms with E-state index in [4.69, 9.17) is 16.3 Å². The molecule has 16 rings (SSSR count). The quantitative estimate of drug-likeness (QED) is 0.0496. The minimum absolute atomic E-state index is 0.0591. The normalized spacial score (nSPS) is 11.4. The number of aliphatic hydroxyl groups is 1. The summed E-state index contributed by atoms with van der Waals surface area (Å²) in [5.41, 5.74) is 12.3. The summed E-state index contributed by atoms with van der Waals surface area (Å²) in [4.78, 5) is 59.8. The maximum atomic E-state index is 13.3. The highest BCUT2D eigenvalue weighted by Gasteiger charge is 2.38. The van der Waals surface area contributed by atoms with Crippen LogP contribution in [0.15, 0.2) is 316 Å². The number of Topliss-reactive ketones (excluding diaryl/α,β-unsaturated/α-hetero) is 1. The molecule has 5 heterocycles. The van der Waals surface area contributed by atoms with Gasteiger partial charge >= 0.3 is 19.5 Å². The summed E-state index contributed by atoms with van der Waals surface area (Å²) >= 11 is 5.95. The Kier molecular flexibility index (Phi) is 21.1. The largest absolute Gasteiger partial charge is 0.465 e. The molecule has 0 aliphatic carbocycles. The predicted octanol–water partition coefficient (Wildman–Crippen LogP) is 18.7. The van der Waals surface area contributed by atoms with Gasteiger partial charge in [0.1, 0.15) is 5.66 Å². The molecule has 0 aliphatic rings. The van der Waals surface area contributed by atoms with E-state index in [1.54, 1.807) is 30.5 Å². The number of benzene rings is 11. The topological polar surface area (TPSA) is 183 Å². The number of methoxy groups -OCH3 is 2. The third kappa shape index (κ3) is 15.0. The van der Waals surface area contributed by atoms with Crippen molar-refractivity contribution in [2.75, 3.05) is 14.2 Å². The number of ether oxygens (including phenoxy) is 2. The number of hydrogen-bond donors (Lipinski definition) is 4. The first kappa shape index (κ1) is 67.4. The summed E-state index contributed by atoms with van der Waals surface area (Å²) < 4.78 is 30.4. The maximum Gasteiger partial charge on any atom is 0.340 e. The summed E-state index contributed by atoms with van der Waals surface area (Å²) in [6, 6.07) is 92.2. The second kappa shape index (κ2) is 31.1. The fourth-order valence-electron chi connectivity index (χ4n) is 12.4. The molecule has 14 nitrogen and oxygen atoms in total. The van der Waals surface area contributed by atoms with Crippen molar-refractivity contribution in [1.29, 1.82) is 0 Å². The molecular formula is C83H69ClN5O9P. The number of carbonyl (C=O) groups is 3. The van der Waals surface area contributed by atoms with Crippen LogP contribution < -0.4 is 0 Å². The Morgan fingerprint density at radius 2 is 0.848 bits per heavy atom. The molecule has 1 unspecified atom stereocenters. The molecule has 0 fully saturated rings. The van der Waals surface area contributed by atoms with Gasteiger partial charge in [-0.1, -0.05) is 164 Å². The van der Waals surface area contributed by atoms with Gasteiger partial charge in [-0.05, 0) is 154 Å². The monoisotopic (exact) mass is 1350 g/mol. The average Bonchev–Trinajstić information content (AvgIpc) is 1.93. The number of nitrogens with zero attached hydrogens (tertiary/aromatic N) is 4. The molecule has 99 heavy (non-hydrogen) atoms. The number of aromatic nitrogens is 5. The smallest absolute Gasteiger partial charge is 0.340 e. The Morgan fingerprint density at radius 1 is 0.434 bits per heavy atom. The number of aliphatic hydroxyl groups excluding tert-OH is 1. The Labute approximate surface area is 576 Å².